The fourth-order valence-electron chi connectivity index (χ4n) is 4.00. The molecule has 1 aliphatic heterocycles. The number of aryl methyl sites for hydroxylation is 1. The molecule has 0 bridgehead atoms. The predicted molar refractivity (Wildman–Crippen MR) is 129 cm³/mol. The lowest BCUT2D eigenvalue weighted by Crippen LogP contribution is -2.15. The average molecular weight is 418 g/mol. The summed E-state index contributed by atoms with van der Waals surface area (Å²) in [6.07, 6.45) is 4.16. The van der Waals surface area contributed by atoms with E-state index in [0.29, 0.717) is 6.04 Å². The highest BCUT2D eigenvalue weighted by molar-refractivity contribution is 5.84. The summed E-state index contributed by atoms with van der Waals surface area (Å²) < 4.78 is 2.28. The van der Waals surface area contributed by atoms with Gasteiger partial charge in [0.2, 0.25) is 0 Å². The predicted octanol–water partition coefficient (Wildman–Crippen LogP) is 5.64. The topological polar surface area (TPSA) is 55.1 Å². The average Bonchev–Trinajstić information content (AvgIpc) is 3.64. The van der Waals surface area contributed by atoms with E-state index in [4.69, 9.17) is 9.98 Å². The van der Waals surface area contributed by atoms with E-state index in [1.54, 1.807) is 0 Å². The summed E-state index contributed by atoms with van der Waals surface area (Å²) in [6.45, 7) is 1.99. The van der Waals surface area contributed by atoms with E-state index in [0.717, 1.165) is 63.4 Å². The number of para-hydroxylation sites is 3. The molecule has 1 aromatic heterocycles. The zero-order valence-electron chi connectivity index (χ0n) is 17.9. The molecule has 32 heavy (non-hydrogen) atoms. The Balaban J connectivity index is 1.63. The van der Waals surface area contributed by atoms with Gasteiger partial charge in [0.15, 0.2) is 0 Å². The van der Waals surface area contributed by atoms with Crippen molar-refractivity contribution in [2.75, 3.05) is 5.32 Å². The summed E-state index contributed by atoms with van der Waals surface area (Å²) in [5.74, 6) is 0. The van der Waals surface area contributed by atoms with Crippen molar-refractivity contribution in [3.63, 3.8) is 0 Å². The summed E-state index contributed by atoms with van der Waals surface area (Å²) in [6, 6.07) is 27.5. The van der Waals surface area contributed by atoms with Gasteiger partial charge in [-0.2, -0.15) is 0 Å². The molecule has 3 aliphatic rings. The number of hydrogen-bond donors (Lipinski definition) is 1. The van der Waals surface area contributed by atoms with E-state index < -0.39 is 0 Å². The molecule has 6 rings (SSSR count). The zero-order valence-corrected chi connectivity index (χ0v) is 17.9. The van der Waals surface area contributed by atoms with Crippen LogP contribution in [0.3, 0.4) is 0 Å². The number of anilines is 2. The Morgan fingerprint density at radius 3 is 2.53 bits per heavy atom. The summed E-state index contributed by atoms with van der Waals surface area (Å²) in [5.41, 5.74) is 8.00. The summed E-state index contributed by atoms with van der Waals surface area (Å²) >= 11 is 0. The van der Waals surface area contributed by atoms with E-state index in [1.807, 2.05) is 37.4 Å². The van der Waals surface area contributed by atoms with Crippen molar-refractivity contribution in [2.45, 2.75) is 25.8 Å². The van der Waals surface area contributed by atoms with E-state index in [-0.39, 0.29) is 0 Å². The molecule has 1 N–H and O–H groups in total. The van der Waals surface area contributed by atoms with Crippen LogP contribution in [0.1, 0.15) is 18.5 Å². The number of aromatic nitrogens is 3. The molecule has 0 saturated heterocycles. The SMILES string of the molecule is Cc1ccc(Nc2cc3nc4ccccc4n(-c4ccccc4)c-3c/c2=N\C2CC2)cn1. The fraction of sp³-hybridized carbons (Fsp3) is 0.148. The maximum atomic E-state index is 5.03. The Kier molecular flexibility index (Phi) is 4.46. The smallest absolute Gasteiger partial charge is 0.0900 e. The first-order chi connectivity index (χ1) is 15.7. The minimum absolute atomic E-state index is 0.405. The van der Waals surface area contributed by atoms with Crippen LogP contribution in [-0.2, 0) is 0 Å². The molecule has 0 amide bonds. The van der Waals surface area contributed by atoms with Crippen LogP contribution in [0, 0.1) is 6.92 Å². The van der Waals surface area contributed by atoms with Crippen LogP contribution >= 0.6 is 0 Å². The molecule has 2 aromatic carbocycles. The highest BCUT2D eigenvalue weighted by Crippen LogP contribution is 2.31. The van der Waals surface area contributed by atoms with Gasteiger partial charge in [-0.25, -0.2) is 4.98 Å². The van der Waals surface area contributed by atoms with Crippen molar-refractivity contribution >= 4 is 22.4 Å². The first-order valence-electron chi connectivity index (χ1n) is 11.0. The first-order valence-corrected chi connectivity index (χ1v) is 11.0. The van der Waals surface area contributed by atoms with E-state index in [9.17, 15) is 0 Å². The molecule has 5 heteroatoms. The number of fused-ring (bicyclic) bond motifs is 2. The van der Waals surface area contributed by atoms with Gasteiger partial charge in [0.25, 0.3) is 0 Å². The minimum atomic E-state index is 0.405. The van der Waals surface area contributed by atoms with Gasteiger partial charge in [-0.1, -0.05) is 30.3 Å². The molecule has 156 valence electrons. The van der Waals surface area contributed by atoms with Gasteiger partial charge in [0, 0.05) is 11.4 Å². The molecule has 0 unspecified atom stereocenters. The maximum Gasteiger partial charge on any atom is 0.0900 e. The Bertz CT molecular complexity index is 1450. The molecule has 2 heterocycles. The van der Waals surface area contributed by atoms with Crippen LogP contribution in [0.25, 0.3) is 28.1 Å². The molecule has 0 atom stereocenters. The van der Waals surface area contributed by atoms with Crippen LogP contribution in [-0.4, -0.2) is 20.6 Å². The van der Waals surface area contributed by atoms with Gasteiger partial charge in [0.1, 0.15) is 0 Å². The Hall–Kier alpha value is -3.99. The maximum absolute atomic E-state index is 5.03. The van der Waals surface area contributed by atoms with Gasteiger partial charge >= 0.3 is 0 Å². The second kappa shape index (κ2) is 7.61. The van der Waals surface area contributed by atoms with E-state index in [1.165, 1.54) is 0 Å². The fourth-order valence-corrected chi connectivity index (χ4v) is 4.00. The molecule has 5 nitrogen and oxygen atoms in total. The van der Waals surface area contributed by atoms with Crippen molar-refractivity contribution < 1.29 is 0 Å². The summed E-state index contributed by atoms with van der Waals surface area (Å²) in [5, 5.41) is 4.49. The minimum Gasteiger partial charge on any atom is -0.352 e. The monoisotopic (exact) mass is 417 g/mol. The van der Waals surface area contributed by atoms with Gasteiger partial charge in [0.05, 0.1) is 51.4 Å². The number of nitrogens with one attached hydrogen (secondary N) is 1. The molecular formula is C27H23N5. The lowest BCUT2D eigenvalue weighted by Gasteiger charge is -2.20. The Morgan fingerprint density at radius 1 is 0.938 bits per heavy atom. The second-order valence-corrected chi connectivity index (χ2v) is 8.30. The lowest BCUT2D eigenvalue weighted by atomic mass is 10.1. The highest BCUT2D eigenvalue weighted by Gasteiger charge is 2.21. The molecule has 0 spiro atoms. The number of hydrogen-bond acceptors (Lipinski definition) is 4. The van der Waals surface area contributed by atoms with Gasteiger partial charge in [-0.05, 0) is 68.3 Å². The van der Waals surface area contributed by atoms with E-state index in [2.05, 4.69) is 69.5 Å². The Morgan fingerprint density at radius 2 is 1.75 bits per heavy atom. The van der Waals surface area contributed by atoms with Crippen LogP contribution in [0.5, 0.6) is 0 Å². The second-order valence-electron chi connectivity index (χ2n) is 8.30. The Labute approximate surface area is 186 Å². The van der Waals surface area contributed by atoms with Crippen LogP contribution < -0.4 is 10.7 Å². The quantitative estimate of drug-likeness (QED) is 0.385. The van der Waals surface area contributed by atoms with Crippen LogP contribution in [0.2, 0.25) is 0 Å². The van der Waals surface area contributed by atoms with Crippen LogP contribution in [0.15, 0.2) is 90.1 Å². The molecule has 2 aliphatic carbocycles. The molecule has 3 aromatic rings. The number of pyridine rings is 1. The summed E-state index contributed by atoms with van der Waals surface area (Å²) in [4.78, 5) is 14.4. The molecule has 0 radical (unpaired) electrons. The van der Waals surface area contributed by atoms with Crippen molar-refractivity contribution in [3.8, 4) is 17.1 Å². The third-order valence-electron chi connectivity index (χ3n) is 5.77. The molecule has 1 saturated carbocycles. The van der Waals surface area contributed by atoms with Gasteiger partial charge in [-0.3, -0.25) is 9.98 Å². The van der Waals surface area contributed by atoms with Crippen molar-refractivity contribution in [3.05, 3.63) is 96.1 Å². The van der Waals surface area contributed by atoms with Crippen molar-refractivity contribution in [1.29, 1.82) is 0 Å². The van der Waals surface area contributed by atoms with Gasteiger partial charge in [-0.15, -0.1) is 0 Å². The van der Waals surface area contributed by atoms with Crippen molar-refractivity contribution in [2.24, 2.45) is 4.99 Å². The van der Waals surface area contributed by atoms with Crippen LogP contribution in [0.4, 0.5) is 11.4 Å². The zero-order chi connectivity index (χ0) is 21.5. The van der Waals surface area contributed by atoms with E-state index >= 15 is 0 Å². The van der Waals surface area contributed by atoms with Crippen molar-refractivity contribution in [1.82, 2.24) is 14.5 Å². The summed E-state index contributed by atoms with van der Waals surface area (Å²) in [7, 11) is 0. The third kappa shape index (κ3) is 3.52. The first kappa shape index (κ1) is 18.8. The standard InChI is InChI=1S/C27H23N5/c1-18-11-12-20(17-28-18)30-23-15-25-27(16-24(23)29-19-13-14-19)32(21-7-3-2-4-8-21)26-10-6-5-9-22(26)31-25/h2-12,15-17,19,30H,13-14H2,1H3/b29-24+. The highest BCUT2D eigenvalue weighted by atomic mass is 15.0. The third-order valence-corrected chi connectivity index (χ3v) is 5.77. The number of nitrogens with zero attached hydrogens (tertiary/aromatic N) is 4. The number of rotatable bonds is 4. The largest absolute Gasteiger partial charge is 0.352 e. The lowest BCUT2D eigenvalue weighted by molar-refractivity contribution is 0.997. The number of benzene rings is 3. The van der Waals surface area contributed by atoms with Gasteiger partial charge < -0.3 is 9.88 Å². The normalized spacial score (nSPS) is 14.2. The molecular weight excluding hydrogens is 394 g/mol. The molecule has 1 fully saturated rings.